The lowest BCUT2D eigenvalue weighted by atomic mass is 9.92. The second-order valence-electron chi connectivity index (χ2n) is 5.86. The van der Waals surface area contributed by atoms with E-state index in [0.29, 0.717) is 6.42 Å². The molecule has 1 amide bonds. The standard InChI is InChI=1S/C13H26N2O2/c1-13(2,3)5-6-14-12(16)4-7-15-8-10-17-11-9-15/h4-11H2,1-3H3,(H,14,16). The molecule has 0 atom stereocenters. The van der Waals surface area contributed by atoms with Crippen LogP contribution in [-0.2, 0) is 9.53 Å². The summed E-state index contributed by atoms with van der Waals surface area (Å²) in [6.45, 7) is 11.7. The van der Waals surface area contributed by atoms with Gasteiger partial charge >= 0.3 is 0 Å². The number of carbonyl (C=O) groups excluding carboxylic acids is 1. The van der Waals surface area contributed by atoms with Gasteiger partial charge in [-0.3, -0.25) is 9.69 Å². The topological polar surface area (TPSA) is 41.6 Å². The maximum atomic E-state index is 11.6. The molecule has 0 unspecified atom stereocenters. The van der Waals surface area contributed by atoms with Crippen molar-refractivity contribution in [3.8, 4) is 0 Å². The first-order chi connectivity index (χ1) is 7.97. The molecule has 0 aromatic rings. The Morgan fingerprint density at radius 1 is 1.29 bits per heavy atom. The van der Waals surface area contributed by atoms with Crippen molar-refractivity contribution in [3.05, 3.63) is 0 Å². The highest BCUT2D eigenvalue weighted by Crippen LogP contribution is 2.16. The largest absolute Gasteiger partial charge is 0.379 e. The van der Waals surface area contributed by atoms with Crippen LogP contribution in [0.3, 0.4) is 0 Å². The second kappa shape index (κ2) is 6.97. The molecule has 0 aromatic carbocycles. The highest BCUT2D eigenvalue weighted by Gasteiger charge is 2.13. The summed E-state index contributed by atoms with van der Waals surface area (Å²) in [5.74, 6) is 0.167. The Labute approximate surface area is 105 Å². The van der Waals surface area contributed by atoms with Gasteiger partial charge in [-0.2, -0.15) is 0 Å². The van der Waals surface area contributed by atoms with Crippen LogP contribution in [0.5, 0.6) is 0 Å². The molecule has 1 saturated heterocycles. The fourth-order valence-corrected chi connectivity index (χ4v) is 1.75. The van der Waals surface area contributed by atoms with Crippen molar-refractivity contribution in [2.24, 2.45) is 5.41 Å². The minimum Gasteiger partial charge on any atom is -0.379 e. The number of morpholine rings is 1. The van der Waals surface area contributed by atoms with Gasteiger partial charge in [-0.15, -0.1) is 0 Å². The van der Waals surface area contributed by atoms with Gasteiger partial charge in [0.2, 0.25) is 5.91 Å². The number of rotatable bonds is 5. The maximum absolute atomic E-state index is 11.6. The first-order valence-corrected chi connectivity index (χ1v) is 6.54. The van der Waals surface area contributed by atoms with Gasteiger partial charge in [0.05, 0.1) is 13.2 Å². The molecule has 1 fully saturated rings. The summed E-state index contributed by atoms with van der Waals surface area (Å²) < 4.78 is 5.27. The molecule has 1 aliphatic rings. The van der Waals surface area contributed by atoms with Gasteiger partial charge < -0.3 is 10.1 Å². The summed E-state index contributed by atoms with van der Waals surface area (Å²) in [5, 5.41) is 2.98. The van der Waals surface area contributed by atoms with E-state index in [-0.39, 0.29) is 11.3 Å². The fourth-order valence-electron chi connectivity index (χ4n) is 1.75. The Hall–Kier alpha value is -0.610. The van der Waals surface area contributed by atoms with Crippen LogP contribution in [0.2, 0.25) is 0 Å². The quantitative estimate of drug-likeness (QED) is 0.789. The van der Waals surface area contributed by atoms with E-state index in [4.69, 9.17) is 4.74 Å². The number of nitrogens with one attached hydrogen (secondary N) is 1. The van der Waals surface area contributed by atoms with Crippen molar-refractivity contribution in [2.45, 2.75) is 33.6 Å². The maximum Gasteiger partial charge on any atom is 0.221 e. The van der Waals surface area contributed by atoms with Crippen molar-refractivity contribution in [2.75, 3.05) is 39.4 Å². The SMILES string of the molecule is CC(C)(C)CCNC(=O)CCN1CCOCC1. The molecule has 100 valence electrons. The summed E-state index contributed by atoms with van der Waals surface area (Å²) >= 11 is 0. The highest BCUT2D eigenvalue weighted by atomic mass is 16.5. The zero-order valence-electron chi connectivity index (χ0n) is 11.4. The van der Waals surface area contributed by atoms with Crippen LogP contribution in [0, 0.1) is 5.41 Å². The molecule has 1 aliphatic heterocycles. The van der Waals surface area contributed by atoms with Crippen LogP contribution in [0.15, 0.2) is 0 Å². The fraction of sp³-hybridized carbons (Fsp3) is 0.923. The van der Waals surface area contributed by atoms with Crippen LogP contribution < -0.4 is 5.32 Å². The third-order valence-corrected chi connectivity index (χ3v) is 2.96. The molecule has 1 heterocycles. The third kappa shape index (κ3) is 7.34. The van der Waals surface area contributed by atoms with Gasteiger partial charge in [0.1, 0.15) is 0 Å². The Morgan fingerprint density at radius 3 is 2.53 bits per heavy atom. The summed E-state index contributed by atoms with van der Waals surface area (Å²) in [4.78, 5) is 13.9. The number of amides is 1. The van der Waals surface area contributed by atoms with Gasteiger partial charge in [0.25, 0.3) is 0 Å². The Kier molecular flexibility index (Phi) is 5.92. The van der Waals surface area contributed by atoms with E-state index >= 15 is 0 Å². The van der Waals surface area contributed by atoms with Crippen molar-refractivity contribution in [1.29, 1.82) is 0 Å². The minimum absolute atomic E-state index is 0.167. The summed E-state index contributed by atoms with van der Waals surface area (Å²) in [7, 11) is 0. The minimum atomic E-state index is 0.167. The molecular formula is C13H26N2O2. The molecule has 0 bridgehead atoms. The molecular weight excluding hydrogens is 216 g/mol. The van der Waals surface area contributed by atoms with Crippen molar-refractivity contribution < 1.29 is 9.53 Å². The van der Waals surface area contributed by atoms with E-state index < -0.39 is 0 Å². The van der Waals surface area contributed by atoms with Crippen molar-refractivity contribution in [3.63, 3.8) is 0 Å². The summed E-state index contributed by atoms with van der Waals surface area (Å²) in [6, 6.07) is 0. The van der Waals surface area contributed by atoms with Crippen LogP contribution in [0.4, 0.5) is 0 Å². The molecule has 1 N–H and O–H groups in total. The van der Waals surface area contributed by atoms with Crippen LogP contribution in [0.1, 0.15) is 33.6 Å². The molecule has 1 rings (SSSR count). The van der Waals surface area contributed by atoms with E-state index in [2.05, 4.69) is 31.0 Å². The van der Waals surface area contributed by atoms with Crippen molar-refractivity contribution in [1.82, 2.24) is 10.2 Å². The molecule has 0 aromatic heterocycles. The lowest BCUT2D eigenvalue weighted by Gasteiger charge is -2.26. The van der Waals surface area contributed by atoms with Gasteiger partial charge in [-0.25, -0.2) is 0 Å². The Morgan fingerprint density at radius 2 is 1.94 bits per heavy atom. The highest BCUT2D eigenvalue weighted by molar-refractivity contribution is 5.76. The zero-order valence-corrected chi connectivity index (χ0v) is 11.4. The third-order valence-electron chi connectivity index (χ3n) is 2.96. The predicted molar refractivity (Wildman–Crippen MR) is 69.0 cm³/mol. The normalized spacial score (nSPS) is 18.1. The van der Waals surface area contributed by atoms with Crippen LogP contribution in [0.25, 0.3) is 0 Å². The monoisotopic (exact) mass is 242 g/mol. The Bertz CT molecular complexity index is 230. The number of nitrogens with zero attached hydrogens (tertiary/aromatic N) is 1. The van der Waals surface area contributed by atoms with E-state index in [1.54, 1.807) is 0 Å². The first-order valence-electron chi connectivity index (χ1n) is 6.54. The molecule has 4 nitrogen and oxygen atoms in total. The second-order valence-corrected chi connectivity index (χ2v) is 5.86. The van der Waals surface area contributed by atoms with E-state index in [1.807, 2.05) is 0 Å². The van der Waals surface area contributed by atoms with Gasteiger partial charge in [0, 0.05) is 32.6 Å². The number of hydrogen-bond donors (Lipinski definition) is 1. The number of ether oxygens (including phenoxy) is 1. The van der Waals surface area contributed by atoms with E-state index in [9.17, 15) is 4.79 Å². The van der Waals surface area contributed by atoms with Crippen LogP contribution >= 0.6 is 0 Å². The Balaban J connectivity index is 2.04. The lowest BCUT2D eigenvalue weighted by Crippen LogP contribution is -2.39. The summed E-state index contributed by atoms with van der Waals surface area (Å²) in [6.07, 6.45) is 1.63. The average Bonchev–Trinajstić information content (AvgIpc) is 2.26. The average molecular weight is 242 g/mol. The number of carbonyl (C=O) groups is 1. The smallest absolute Gasteiger partial charge is 0.221 e. The summed E-state index contributed by atoms with van der Waals surface area (Å²) in [5.41, 5.74) is 0.289. The first kappa shape index (κ1) is 14.5. The molecule has 0 spiro atoms. The van der Waals surface area contributed by atoms with Crippen molar-refractivity contribution >= 4 is 5.91 Å². The van der Waals surface area contributed by atoms with Crippen LogP contribution in [-0.4, -0.2) is 50.2 Å². The van der Waals surface area contributed by atoms with Gasteiger partial charge in [-0.05, 0) is 11.8 Å². The van der Waals surface area contributed by atoms with Gasteiger partial charge in [-0.1, -0.05) is 20.8 Å². The molecule has 0 saturated carbocycles. The molecule has 0 radical (unpaired) electrons. The number of hydrogen-bond acceptors (Lipinski definition) is 3. The zero-order chi connectivity index (χ0) is 12.7. The lowest BCUT2D eigenvalue weighted by molar-refractivity contribution is -0.121. The molecule has 0 aliphatic carbocycles. The predicted octanol–water partition coefficient (Wildman–Crippen LogP) is 1.26. The van der Waals surface area contributed by atoms with E-state index in [0.717, 1.165) is 45.8 Å². The molecule has 4 heteroatoms. The van der Waals surface area contributed by atoms with Gasteiger partial charge in [0.15, 0.2) is 0 Å². The molecule has 17 heavy (non-hydrogen) atoms. The van der Waals surface area contributed by atoms with E-state index in [1.165, 1.54) is 0 Å².